The first-order valence-corrected chi connectivity index (χ1v) is 9.46. The van der Waals surface area contributed by atoms with E-state index in [0.717, 1.165) is 5.56 Å². The zero-order valence-electron chi connectivity index (χ0n) is 15.5. The third-order valence-electron chi connectivity index (χ3n) is 4.26. The first kappa shape index (κ1) is 19.0. The summed E-state index contributed by atoms with van der Waals surface area (Å²) in [4.78, 5) is 26.7. The van der Waals surface area contributed by atoms with Crippen LogP contribution in [-0.2, 0) is 11.3 Å². The predicted octanol–water partition coefficient (Wildman–Crippen LogP) is 3.81. The van der Waals surface area contributed by atoms with E-state index < -0.39 is 0 Å². The zero-order chi connectivity index (χ0) is 19.4. The number of hydrogen-bond donors (Lipinski definition) is 0. The van der Waals surface area contributed by atoms with Crippen molar-refractivity contribution < 1.29 is 19.1 Å². The van der Waals surface area contributed by atoms with Gasteiger partial charge in [-0.2, -0.15) is 0 Å². The molecule has 1 heterocycles. The Morgan fingerprint density at radius 2 is 1.74 bits per heavy atom. The van der Waals surface area contributed by atoms with Crippen molar-refractivity contribution in [2.75, 3.05) is 20.0 Å². The number of allylic oxidation sites excluding steroid dienone is 1. The molecular weight excluding hydrogens is 362 g/mol. The third kappa shape index (κ3) is 4.52. The van der Waals surface area contributed by atoms with Gasteiger partial charge in [-0.05, 0) is 24.6 Å². The number of rotatable bonds is 6. The summed E-state index contributed by atoms with van der Waals surface area (Å²) in [5.41, 5.74) is 2.64. The van der Waals surface area contributed by atoms with Crippen LogP contribution < -0.4 is 9.47 Å². The summed E-state index contributed by atoms with van der Waals surface area (Å²) in [5.74, 6) is 1.23. The van der Waals surface area contributed by atoms with Crippen LogP contribution in [0.15, 0.2) is 53.6 Å². The molecule has 0 unspecified atom stereocenters. The minimum atomic E-state index is -0.196. The van der Waals surface area contributed by atoms with E-state index in [1.165, 1.54) is 37.6 Å². The number of methoxy groups -OCH3 is 2. The number of hydrogen-bond acceptors (Lipinski definition) is 5. The maximum absolute atomic E-state index is 12.7. The summed E-state index contributed by atoms with van der Waals surface area (Å²) in [6.07, 6.45) is 1.51. The van der Waals surface area contributed by atoms with Crippen molar-refractivity contribution >= 4 is 23.5 Å². The first-order chi connectivity index (χ1) is 13.0. The predicted molar refractivity (Wildman–Crippen MR) is 106 cm³/mol. The molecule has 0 atom stereocenters. The fourth-order valence-corrected chi connectivity index (χ4v) is 3.66. The Balaban J connectivity index is 1.84. The normalized spacial score (nSPS) is 15.3. The number of ether oxygens (including phenoxy) is 2. The van der Waals surface area contributed by atoms with Gasteiger partial charge in [0.2, 0.25) is 5.91 Å². The van der Waals surface area contributed by atoms with E-state index in [1.807, 2.05) is 31.2 Å². The van der Waals surface area contributed by atoms with Crippen molar-refractivity contribution in [1.29, 1.82) is 0 Å². The monoisotopic (exact) mass is 383 g/mol. The molecule has 1 fully saturated rings. The molecule has 1 amide bonds. The van der Waals surface area contributed by atoms with E-state index in [0.29, 0.717) is 34.4 Å². The molecule has 2 aromatic carbocycles. The quantitative estimate of drug-likeness (QED) is 0.561. The van der Waals surface area contributed by atoms with Crippen LogP contribution in [0.4, 0.5) is 0 Å². The number of thioether (sulfide) groups is 1. The molecule has 0 saturated carbocycles. The summed E-state index contributed by atoms with van der Waals surface area (Å²) in [5, 5.41) is 0.660. The van der Waals surface area contributed by atoms with E-state index >= 15 is 0 Å². The van der Waals surface area contributed by atoms with Crippen LogP contribution in [0, 0.1) is 6.92 Å². The summed E-state index contributed by atoms with van der Waals surface area (Å²) < 4.78 is 10.4. The Hall–Kier alpha value is -2.73. The Labute approximate surface area is 163 Å². The molecule has 2 aromatic rings. The lowest BCUT2D eigenvalue weighted by atomic mass is 10.1. The highest BCUT2D eigenvalue weighted by molar-refractivity contribution is 8.04. The molecule has 0 N–H and O–H groups in total. The molecule has 27 heavy (non-hydrogen) atoms. The van der Waals surface area contributed by atoms with Gasteiger partial charge >= 0.3 is 0 Å². The number of nitrogens with zero attached hydrogens (tertiary/aromatic N) is 1. The van der Waals surface area contributed by atoms with E-state index in [2.05, 4.69) is 0 Å². The maximum Gasteiger partial charge on any atom is 0.238 e. The number of aryl methyl sites for hydroxylation is 1. The Morgan fingerprint density at radius 3 is 2.33 bits per heavy atom. The van der Waals surface area contributed by atoms with Crippen molar-refractivity contribution in [3.05, 3.63) is 70.3 Å². The minimum absolute atomic E-state index is 0.00264. The molecule has 5 nitrogen and oxygen atoms in total. The summed E-state index contributed by atoms with van der Waals surface area (Å²) >= 11 is 1.38. The number of carbonyl (C=O) groups is 2. The highest BCUT2D eigenvalue weighted by Gasteiger charge is 2.27. The third-order valence-corrected chi connectivity index (χ3v) is 5.29. The molecule has 0 spiro atoms. The van der Waals surface area contributed by atoms with Gasteiger partial charge in [-0.25, -0.2) is 0 Å². The van der Waals surface area contributed by atoms with Crippen LogP contribution in [0.5, 0.6) is 11.5 Å². The van der Waals surface area contributed by atoms with Gasteiger partial charge in [-0.15, -0.1) is 0 Å². The smallest absolute Gasteiger partial charge is 0.238 e. The Kier molecular flexibility index (Phi) is 5.86. The van der Waals surface area contributed by atoms with Gasteiger partial charge in [0.25, 0.3) is 0 Å². The van der Waals surface area contributed by atoms with E-state index in [4.69, 9.17) is 9.47 Å². The van der Waals surface area contributed by atoms with Crippen LogP contribution >= 0.6 is 11.8 Å². The van der Waals surface area contributed by atoms with Gasteiger partial charge in [0.1, 0.15) is 11.5 Å². The van der Waals surface area contributed by atoms with Crippen LogP contribution in [-0.4, -0.2) is 36.6 Å². The van der Waals surface area contributed by atoms with Crippen molar-refractivity contribution in [1.82, 2.24) is 4.90 Å². The molecule has 0 bridgehead atoms. The highest BCUT2D eigenvalue weighted by Crippen LogP contribution is 2.31. The average Bonchev–Trinajstić information content (AvgIpc) is 3.02. The lowest BCUT2D eigenvalue weighted by molar-refractivity contribution is -0.125. The molecule has 1 saturated heterocycles. The summed E-state index contributed by atoms with van der Waals surface area (Å²) in [6, 6.07) is 13.1. The molecule has 140 valence electrons. The van der Waals surface area contributed by atoms with Gasteiger partial charge < -0.3 is 14.4 Å². The zero-order valence-corrected chi connectivity index (χ0v) is 16.3. The number of benzene rings is 2. The fourth-order valence-electron chi connectivity index (χ4n) is 2.72. The fraction of sp³-hybridized carbons (Fsp3) is 0.238. The van der Waals surface area contributed by atoms with Gasteiger partial charge in [0, 0.05) is 17.7 Å². The maximum atomic E-state index is 12.7. The highest BCUT2D eigenvalue weighted by atomic mass is 32.2. The van der Waals surface area contributed by atoms with E-state index in [-0.39, 0.29) is 11.7 Å². The number of carbonyl (C=O) groups excluding carboxylic acids is 2. The second kappa shape index (κ2) is 8.31. The lowest BCUT2D eigenvalue weighted by Gasteiger charge is -2.17. The Morgan fingerprint density at radius 1 is 1.11 bits per heavy atom. The molecule has 1 aliphatic rings. The van der Waals surface area contributed by atoms with Crippen molar-refractivity contribution in [3.8, 4) is 11.5 Å². The Bertz CT molecular complexity index is 867. The standard InChI is InChI=1S/C21H21NO4S/c1-14-4-6-15(7-5-14)12-22-20(24)13-27-21(22)11-19(23)16-8-17(25-2)10-18(9-16)26-3/h4-11H,12-13H2,1-3H3/b21-11-. The minimum Gasteiger partial charge on any atom is -0.497 e. The van der Waals surface area contributed by atoms with Crippen LogP contribution in [0.2, 0.25) is 0 Å². The molecular formula is C21H21NO4S. The van der Waals surface area contributed by atoms with Crippen molar-refractivity contribution in [2.24, 2.45) is 0 Å². The molecule has 0 aromatic heterocycles. The lowest BCUT2D eigenvalue weighted by Crippen LogP contribution is -2.24. The van der Waals surface area contributed by atoms with Crippen molar-refractivity contribution in [2.45, 2.75) is 13.5 Å². The van der Waals surface area contributed by atoms with Crippen LogP contribution in [0.3, 0.4) is 0 Å². The van der Waals surface area contributed by atoms with Crippen LogP contribution in [0.1, 0.15) is 21.5 Å². The summed E-state index contributed by atoms with van der Waals surface area (Å²) in [7, 11) is 3.08. The molecule has 6 heteroatoms. The van der Waals surface area contributed by atoms with Crippen molar-refractivity contribution in [3.63, 3.8) is 0 Å². The van der Waals surface area contributed by atoms with E-state index in [1.54, 1.807) is 23.1 Å². The largest absolute Gasteiger partial charge is 0.497 e. The first-order valence-electron chi connectivity index (χ1n) is 8.48. The second-order valence-corrected chi connectivity index (χ2v) is 7.20. The SMILES string of the molecule is COc1cc(OC)cc(C(=O)/C=C2\SCC(=O)N2Cc2ccc(C)cc2)c1. The number of ketones is 1. The second-order valence-electron chi connectivity index (χ2n) is 6.20. The molecule has 1 aliphatic heterocycles. The average molecular weight is 383 g/mol. The van der Waals surface area contributed by atoms with Crippen LogP contribution in [0.25, 0.3) is 0 Å². The van der Waals surface area contributed by atoms with Gasteiger partial charge in [-0.3, -0.25) is 9.59 Å². The van der Waals surface area contributed by atoms with Gasteiger partial charge in [0.05, 0.1) is 31.5 Å². The number of amides is 1. The molecule has 0 aliphatic carbocycles. The van der Waals surface area contributed by atoms with Gasteiger partial charge in [-0.1, -0.05) is 41.6 Å². The van der Waals surface area contributed by atoms with E-state index in [9.17, 15) is 9.59 Å². The molecule has 0 radical (unpaired) electrons. The molecule has 3 rings (SSSR count). The van der Waals surface area contributed by atoms with Gasteiger partial charge in [0.15, 0.2) is 5.78 Å². The summed E-state index contributed by atoms with van der Waals surface area (Å²) in [6.45, 7) is 2.47. The topological polar surface area (TPSA) is 55.8 Å².